The highest BCUT2D eigenvalue weighted by Gasteiger charge is 2.02. The lowest BCUT2D eigenvalue weighted by molar-refractivity contribution is -0.120. The molecule has 0 saturated heterocycles. The number of pyridine rings is 1. The molecule has 0 aliphatic rings. The molecule has 1 aromatic heterocycles. The maximum absolute atomic E-state index is 11.5. The predicted molar refractivity (Wildman–Crippen MR) is 63.2 cm³/mol. The Morgan fingerprint density at radius 2 is 2.25 bits per heavy atom. The van der Waals surface area contributed by atoms with E-state index in [9.17, 15) is 9.59 Å². The van der Waals surface area contributed by atoms with E-state index < -0.39 is 0 Å². The van der Waals surface area contributed by atoms with Crippen LogP contribution < -0.4 is 16.6 Å². The fraction of sp³-hybridized carbons (Fsp3) is 0.455. The second kappa shape index (κ2) is 5.34. The first-order chi connectivity index (χ1) is 7.54. The van der Waals surface area contributed by atoms with E-state index in [4.69, 9.17) is 5.73 Å². The van der Waals surface area contributed by atoms with Crippen LogP contribution >= 0.6 is 0 Å². The van der Waals surface area contributed by atoms with Crippen molar-refractivity contribution in [3.8, 4) is 0 Å². The van der Waals surface area contributed by atoms with E-state index >= 15 is 0 Å². The molecule has 0 spiro atoms. The molecule has 0 unspecified atom stereocenters. The van der Waals surface area contributed by atoms with Crippen molar-refractivity contribution in [2.45, 2.75) is 26.3 Å². The highest BCUT2D eigenvalue weighted by molar-refractivity contribution is 5.75. The van der Waals surface area contributed by atoms with E-state index in [2.05, 4.69) is 5.32 Å². The fourth-order valence-electron chi connectivity index (χ4n) is 1.39. The van der Waals surface area contributed by atoms with E-state index in [0.717, 1.165) is 5.56 Å². The van der Waals surface area contributed by atoms with Crippen molar-refractivity contribution in [2.75, 3.05) is 12.8 Å². The first-order valence-electron chi connectivity index (χ1n) is 5.21. The summed E-state index contributed by atoms with van der Waals surface area (Å²) in [7, 11) is 1.60. The Morgan fingerprint density at radius 3 is 2.88 bits per heavy atom. The van der Waals surface area contributed by atoms with Crippen LogP contribution in [0.2, 0.25) is 0 Å². The Bertz CT molecular complexity index is 437. The number of amides is 1. The number of nitrogens with one attached hydrogen (secondary N) is 1. The standard InChI is InChI=1S/C11H17N3O2/c1-8-6-11(16)14(7-9(8)12)5-3-4-10(15)13-2/h6-7H,3-5,12H2,1-2H3,(H,13,15). The highest BCUT2D eigenvalue weighted by Crippen LogP contribution is 2.06. The van der Waals surface area contributed by atoms with E-state index in [0.29, 0.717) is 25.1 Å². The summed E-state index contributed by atoms with van der Waals surface area (Å²) in [5.74, 6) is -0.0202. The molecule has 1 rings (SSSR count). The molecule has 1 heterocycles. The maximum Gasteiger partial charge on any atom is 0.250 e. The normalized spacial score (nSPS) is 10.1. The van der Waals surface area contributed by atoms with Crippen LogP contribution in [0.5, 0.6) is 0 Å². The molecular weight excluding hydrogens is 206 g/mol. The molecule has 0 atom stereocenters. The van der Waals surface area contributed by atoms with Crippen LogP contribution in [0.25, 0.3) is 0 Å². The van der Waals surface area contributed by atoms with Crippen molar-refractivity contribution in [1.82, 2.24) is 9.88 Å². The topological polar surface area (TPSA) is 77.1 Å². The van der Waals surface area contributed by atoms with Gasteiger partial charge >= 0.3 is 0 Å². The number of anilines is 1. The second-order valence-corrected chi connectivity index (χ2v) is 3.72. The van der Waals surface area contributed by atoms with Crippen molar-refractivity contribution < 1.29 is 4.79 Å². The zero-order chi connectivity index (χ0) is 12.1. The molecule has 88 valence electrons. The quantitative estimate of drug-likeness (QED) is 0.769. The SMILES string of the molecule is CNC(=O)CCCn1cc(N)c(C)cc1=O. The van der Waals surface area contributed by atoms with Crippen molar-refractivity contribution in [1.29, 1.82) is 0 Å². The molecular formula is C11H17N3O2. The van der Waals surface area contributed by atoms with E-state index in [1.165, 1.54) is 10.6 Å². The van der Waals surface area contributed by atoms with Gasteiger partial charge in [-0.1, -0.05) is 0 Å². The Hall–Kier alpha value is -1.78. The molecule has 0 aromatic carbocycles. The molecule has 0 saturated carbocycles. The van der Waals surface area contributed by atoms with Gasteiger partial charge in [-0.05, 0) is 18.9 Å². The molecule has 1 amide bonds. The summed E-state index contributed by atoms with van der Waals surface area (Å²) in [5, 5.41) is 2.54. The van der Waals surface area contributed by atoms with Gasteiger partial charge in [-0.25, -0.2) is 0 Å². The maximum atomic E-state index is 11.5. The lowest BCUT2D eigenvalue weighted by Crippen LogP contribution is -2.22. The van der Waals surface area contributed by atoms with Crippen LogP contribution in [-0.4, -0.2) is 17.5 Å². The summed E-state index contributed by atoms with van der Waals surface area (Å²) in [4.78, 5) is 22.5. The minimum Gasteiger partial charge on any atom is -0.397 e. The zero-order valence-corrected chi connectivity index (χ0v) is 9.62. The average Bonchev–Trinajstić information content (AvgIpc) is 2.25. The number of carbonyl (C=O) groups is 1. The van der Waals surface area contributed by atoms with Gasteiger partial charge in [-0.3, -0.25) is 9.59 Å². The highest BCUT2D eigenvalue weighted by atomic mass is 16.1. The second-order valence-electron chi connectivity index (χ2n) is 3.72. The number of hydrogen-bond donors (Lipinski definition) is 2. The van der Waals surface area contributed by atoms with E-state index in [-0.39, 0.29) is 11.5 Å². The summed E-state index contributed by atoms with van der Waals surface area (Å²) in [6.07, 6.45) is 2.67. The third-order valence-electron chi connectivity index (χ3n) is 2.46. The molecule has 0 aliphatic carbocycles. The number of carbonyl (C=O) groups excluding carboxylic acids is 1. The fourth-order valence-corrected chi connectivity index (χ4v) is 1.39. The molecule has 1 aromatic rings. The van der Waals surface area contributed by atoms with Gasteiger partial charge in [0.15, 0.2) is 0 Å². The summed E-state index contributed by atoms with van der Waals surface area (Å²) >= 11 is 0. The van der Waals surface area contributed by atoms with Gasteiger partial charge in [0.05, 0.1) is 5.69 Å². The first kappa shape index (κ1) is 12.3. The number of nitrogen functional groups attached to an aromatic ring is 1. The lowest BCUT2D eigenvalue weighted by atomic mass is 10.2. The average molecular weight is 223 g/mol. The third-order valence-corrected chi connectivity index (χ3v) is 2.46. The van der Waals surface area contributed by atoms with Crippen LogP contribution in [0.1, 0.15) is 18.4 Å². The van der Waals surface area contributed by atoms with Crippen molar-refractivity contribution >= 4 is 11.6 Å². The summed E-state index contributed by atoms with van der Waals surface area (Å²) < 4.78 is 1.53. The van der Waals surface area contributed by atoms with Crippen LogP contribution in [0, 0.1) is 6.92 Å². The van der Waals surface area contributed by atoms with Gasteiger partial charge in [0.1, 0.15) is 0 Å². The third kappa shape index (κ3) is 3.12. The molecule has 5 heteroatoms. The minimum absolute atomic E-state index is 0.0202. The molecule has 16 heavy (non-hydrogen) atoms. The van der Waals surface area contributed by atoms with E-state index in [1.54, 1.807) is 20.2 Å². The molecule has 0 bridgehead atoms. The largest absolute Gasteiger partial charge is 0.397 e. The van der Waals surface area contributed by atoms with Crippen molar-refractivity contribution in [2.24, 2.45) is 0 Å². The van der Waals surface area contributed by atoms with Gasteiger partial charge in [0.2, 0.25) is 5.91 Å². The molecule has 0 fully saturated rings. The lowest BCUT2D eigenvalue weighted by Gasteiger charge is -2.07. The van der Waals surface area contributed by atoms with E-state index in [1.807, 2.05) is 0 Å². The van der Waals surface area contributed by atoms with Gasteiger partial charge in [-0.2, -0.15) is 0 Å². The number of hydrogen-bond acceptors (Lipinski definition) is 3. The number of nitrogens with zero attached hydrogens (tertiary/aromatic N) is 1. The molecule has 0 radical (unpaired) electrons. The van der Waals surface area contributed by atoms with Crippen molar-refractivity contribution in [3.05, 3.63) is 28.2 Å². The number of rotatable bonds is 4. The number of aryl methyl sites for hydroxylation is 2. The Morgan fingerprint density at radius 1 is 1.56 bits per heavy atom. The smallest absolute Gasteiger partial charge is 0.250 e. The summed E-state index contributed by atoms with van der Waals surface area (Å²) in [5.41, 5.74) is 7.01. The Labute approximate surface area is 94.3 Å². The Balaban J connectivity index is 2.64. The number of aromatic nitrogens is 1. The molecule has 5 nitrogen and oxygen atoms in total. The molecule has 0 aliphatic heterocycles. The number of nitrogens with two attached hydrogens (primary N) is 1. The Kier molecular flexibility index (Phi) is 4.10. The minimum atomic E-state index is -0.0800. The predicted octanol–water partition coefficient (Wildman–Crippen LogP) is 0.265. The van der Waals surface area contributed by atoms with Gasteiger partial charge in [0, 0.05) is 32.3 Å². The van der Waals surface area contributed by atoms with Gasteiger partial charge in [0.25, 0.3) is 5.56 Å². The summed E-state index contributed by atoms with van der Waals surface area (Å²) in [6, 6.07) is 1.51. The summed E-state index contributed by atoms with van der Waals surface area (Å²) in [6.45, 7) is 2.31. The molecule has 3 N–H and O–H groups in total. The van der Waals surface area contributed by atoms with Crippen molar-refractivity contribution in [3.63, 3.8) is 0 Å². The monoisotopic (exact) mass is 223 g/mol. The first-order valence-corrected chi connectivity index (χ1v) is 5.21. The van der Waals surface area contributed by atoms with Crippen LogP contribution in [0.15, 0.2) is 17.1 Å². The zero-order valence-electron chi connectivity index (χ0n) is 9.62. The van der Waals surface area contributed by atoms with Crippen LogP contribution in [0.4, 0.5) is 5.69 Å². The van der Waals surface area contributed by atoms with Crippen LogP contribution in [-0.2, 0) is 11.3 Å². The van der Waals surface area contributed by atoms with Crippen LogP contribution in [0.3, 0.4) is 0 Å². The van der Waals surface area contributed by atoms with Gasteiger partial charge < -0.3 is 15.6 Å². The van der Waals surface area contributed by atoms with Gasteiger partial charge in [-0.15, -0.1) is 0 Å².